The molecular weight excluding hydrogens is 358 g/mol. The molecule has 0 radical (unpaired) electrons. The zero-order chi connectivity index (χ0) is 19.4. The zero-order valence-electron chi connectivity index (χ0n) is 15.8. The molecule has 0 bridgehead atoms. The van der Waals surface area contributed by atoms with Crippen molar-refractivity contribution in [1.29, 1.82) is 0 Å². The Morgan fingerprint density at radius 1 is 1.15 bits per heavy atom. The molecule has 0 aliphatic carbocycles. The molecule has 0 spiro atoms. The molecule has 0 saturated heterocycles. The largest absolute Gasteiger partial charge is 0.340 e. The van der Waals surface area contributed by atoms with Gasteiger partial charge in [-0.25, -0.2) is 4.98 Å². The van der Waals surface area contributed by atoms with Gasteiger partial charge in [0.05, 0.1) is 16.2 Å². The molecule has 1 heterocycles. The molecule has 3 rings (SSSR count). The average molecular weight is 382 g/mol. The van der Waals surface area contributed by atoms with E-state index in [4.69, 9.17) is 0 Å². The number of carbonyl (C=O) groups excluding carboxylic acids is 1. The van der Waals surface area contributed by atoms with Gasteiger partial charge >= 0.3 is 0 Å². The number of carbonyl (C=O) groups is 1. The average Bonchev–Trinajstić information content (AvgIpc) is 2.68. The molecule has 140 valence electrons. The first kappa shape index (κ1) is 19.2. The third kappa shape index (κ3) is 4.22. The maximum Gasteiger partial charge on any atom is 0.262 e. The van der Waals surface area contributed by atoms with Gasteiger partial charge in [0.15, 0.2) is 5.16 Å². The number of nitrogens with zero attached hydrogens (tertiary/aromatic N) is 3. The predicted octanol–water partition coefficient (Wildman–Crippen LogP) is 3.56. The number of hydrogen-bond acceptors (Lipinski definition) is 4. The topological polar surface area (TPSA) is 55.2 Å². The van der Waals surface area contributed by atoms with E-state index in [1.807, 2.05) is 62.4 Å². The van der Waals surface area contributed by atoms with Gasteiger partial charge in [0, 0.05) is 20.1 Å². The second-order valence-electron chi connectivity index (χ2n) is 6.40. The number of thioether (sulfide) groups is 1. The molecule has 0 N–H and O–H groups in total. The molecule has 0 aliphatic rings. The van der Waals surface area contributed by atoms with Crippen LogP contribution >= 0.6 is 11.8 Å². The summed E-state index contributed by atoms with van der Waals surface area (Å²) < 4.78 is 1.63. The van der Waals surface area contributed by atoms with E-state index in [9.17, 15) is 9.59 Å². The van der Waals surface area contributed by atoms with Crippen LogP contribution in [0.15, 0.2) is 64.5 Å². The van der Waals surface area contributed by atoms with Crippen molar-refractivity contribution in [2.45, 2.75) is 37.3 Å². The molecular formula is C21H23N3O2S. The van der Waals surface area contributed by atoms with Crippen molar-refractivity contribution in [2.75, 3.05) is 7.05 Å². The summed E-state index contributed by atoms with van der Waals surface area (Å²) in [5.41, 5.74) is 1.68. The zero-order valence-corrected chi connectivity index (χ0v) is 16.6. The van der Waals surface area contributed by atoms with Crippen LogP contribution in [0.3, 0.4) is 0 Å². The van der Waals surface area contributed by atoms with Crippen molar-refractivity contribution in [1.82, 2.24) is 14.5 Å². The van der Waals surface area contributed by atoms with Gasteiger partial charge in [-0.3, -0.25) is 14.2 Å². The Hall–Kier alpha value is -2.60. The van der Waals surface area contributed by atoms with Gasteiger partial charge in [-0.05, 0) is 31.5 Å². The van der Waals surface area contributed by atoms with E-state index in [0.717, 1.165) is 5.56 Å². The number of hydrogen-bond donors (Lipinski definition) is 0. The van der Waals surface area contributed by atoms with E-state index in [-0.39, 0.29) is 16.7 Å². The lowest BCUT2D eigenvalue weighted by Crippen LogP contribution is -2.33. The van der Waals surface area contributed by atoms with E-state index < -0.39 is 0 Å². The summed E-state index contributed by atoms with van der Waals surface area (Å²) in [5.74, 6) is 0.00825. The number of aromatic nitrogens is 2. The SMILES string of the molecule is CCn1c(S[C@@H](C)C(=O)N(C)Cc2ccccc2)nc2ccccc2c1=O. The Morgan fingerprint density at radius 3 is 2.52 bits per heavy atom. The molecule has 5 nitrogen and oxygen atoms in total. The fraction of sp³-hybridized carbons (Fsp3) is 0.286. The quantitative estimate of drug-likeness (QED) is 0.484. The summed E-state index contributed by atoms with van der Waals surface area (Å²) in [6.45, 7) is 4.84. The fourth-order valence-electron chi connectivity index (χ4n) is 2.97. The molecule has 1 atom stereocenters. The van der Waals surface area contributed by atoms with Gasteiger partial charge in [-0.2, -0.15) is 0 Å². The molecule has 6 heteroatoms. The first-order valence-electron chi connectivity index (χ1n) is 8.96. The summed E-state index contributed by atoms with van der Waals surface area (Å²) in [5, 5.41) is 0.837. The van der Waals surface area contributed by atoms with Crippen LogP contribution in [0.5, 0.6) is 0 Å². The molecule has 1 amide bonds. The van der Waals surface area contributed by atoms with Gasteiger partial charge in [0.1, 0.15) is 0 Å². The number of rotatable bonds is 6. The molecule has 27 heavy (non-hydrogen) atoms. The van der Waals surface area contributed by atoms with Crippen molar-refractivity contribution in [3.8, 4) is 0 Å². The Kier molecular flexibility index (Phi) is 5.96. The summed E-state index contributed by atoms with van der Waals surface area (Å²) in [6, 6.07) is 17.2. The molecule has 2 aromatic carbocycles. The minimum Gasteiger partial charge on any atom is -0.340 e. The highest BCUT2D eigenvalue weighted by Gasteiger charge is 2.22. The third-order valence-corrected chi connectivity index (χ3v) is 5.49. The smallest absolute Gasteiger partial charge is 0.262 e. The lowest BCUT2D eigenvalue weighted by Gasteiger charge is -2.22. The predicted molar refractivity (Wildman–Crippen MR) is 110 cm³/mol. The van der Waals surface area contributed by atoms with Crippen molar-refractivity contribution in [3.05, 3.63) is 70.5 Å². The summed E-state index contributed by atoms with van der Waals surface area (Å²) in [7, 11) is 1.80. The minimum absolute atomic E-state index is 0.00825. The Labute approximate surface area is 163 Å². The monoisotopic (exact) mass is 381 g/mol. The van der Waals surface area contributed by atoms with Gasteiger partial charge in [-0.1, -0.05) is 54.2 Å². The van der Waals surface area contributed by atoms with Crippen LogP contribution < -0.4 is 5.56 Å². The highest BCUT2D eigenvalue weighted by Crippen LogP contribution is 2.24. The van der Waals surface area contributed by atoms with E-state index >= 15 is 0 Å². The van der Waals surface area contributed by atoms with Crippen molar-refractivity contribution < 1.29 is 4.79 Å². The van der Waals surface area contributed by atoms with Crippen LogP contribution in [-0.2, 0) is 17.9 Å². The highest BCUT2D eigenvalue weighted by atomic mass is 32.2. The lowest BCUT2D eigenvalue weighted by atomic mass is 10.2. The van der Waals surface area contributed by atoms with E-state index in [1.165, 1.54) is 11.8 Å². The number of fused-ring (bicyclic) bond motifs is 1. The first-order chi connectivity index (χ1) is 13.0. The molecule has 3 aromatic rings. The molecule has 0 saturated carbocycles. The van der Waals surface area contributed by atoms with E-state index in [2.05, 4.69) is 4.98 Å². The third-order valence-electron chi connectivity index (χ3n) is 4.41. The number of amides is 1. The van der Waals surface area contributed by atoms with Crippen LogP contribution in [0.4, 0.5) is 0 Å². The van der Waals surface area contributed by atoms with Crippen LogP contribution in [0.2, 0.25) is 0 Å². The molecule has 1 aromatic heterocycles. The Morgan fingerprint density at radius 2 is 1.81 bits per heavy atom. The summed E-state index contributed by atoms with van der Waals surface area (Å²) in [6.07, 6.45) is 0. The lowest BCUT2D eigenvalue weighted by molar-refractivity contribution is -0.129. The van der Waals surface area contributed by atoms with Crippen molar-refractivity contribution in [3.63, 3.8) is 0 Å². The first-order valence-corrected chi connectivity index (χ1v) is 9.84. The van der Waals surface area contributed by atoms with Crippen molar-refractivity contribution in [2.24, 2.45) is 0 Å². The molecule has 0 aliphatic heterocycles. The van der Waals surface area contributed by atoms with Crippen LogP contribution in [0.1, 0.15) is 19.4 Å². The number of para-hydroxylation sites is 1. The van der Waals surface area contributed by atoms with E-state index in [0.29, 0.717) is 29.1 Å². The Bertz CT molecular complexity index is 1000. The number of benzene rings is 2. The fourth-order valence-corrected chi connectivity index (χ4v) is 4.06. The Balaban J connectivity index is 1.81. The normalized spacial score (nSPS) is 12.1. The minimum atomic E-state index is -0.343. The standard InChI is InChI=1S/C21H23N3O2S/c1-4-24-20(26)17-12-8-9-13-18(17)22-21(24)27-15(2)19(25)23(3)14-16-10-6-5-7-11-16/h5-13,15H,4,14H2,1-3H3/t15-/m0/s1. The maximum atomic E-state index is 12.8. The van der Waals surface area contributed by atoms with E-state index in [1.54, 1.807) is 22.6 Å². The van der Waals surface area contributed by atoms with Gasteiger partial charge in [0.25, 0.3) is 5.56 Å². The molecule has 0 unspecified atom stereocenters. The summed E-state index contributed by atoms with van der Waals surface area (Å²) in [4.78, 5) is 31.8. The van der Waals surface area contributed by atoms with Crippen LogP contribution in [0.25, 0.3) is 10.9 Å². The van der Waals surface area contributed by atoms with Crippen LogP contribution in [0, 0.1) is 0 Å². The highest BCUT2D eigenvalue weighted by molar-refractivity contribution is 8.00. The molecule has 0 fully saturated rings. The van der Waals surface area contributed by atoms with Gasteiger partial charge < -0.3 is 4.90 Å². The van der Waals surface area contributed by atoms with Gasteiger partial charge in [-0.15, -0.1) is 0 Å². The maximum absolute atomic E-state index is 12.8. The van der Waals surface area contributed by atoms with Crippen molar-refractivity contribution >= 4 is 28.6 Å². The second kappa shape index (κ2) is 8.39. The van der Waals surface area contributed by atoms with Crippen LogP contribution in [-0.4, -0.2) is 32.7 Å². The summed E-state index contributed by atoms with van der Waals surface area (Å²) >= 11 is 1.33. The van der Waals surface area contributed by atoms with Gasteiger partial charge in [0.2, 0.25) is 5.91 Å². The second-order valence-corrected chi connectivity index (χ2v) is 7.71.